The lowest BCUT2D eigenvalue weighted by molar-refractivity contribution is -0.123. The fraction of sp³-hybridized carbons (Fsp3) is 0.222. The summed E-state index contributed by atoms with van der Waals surface area (Å²) < 4.78 is 15.9. The summed E-state index contributed by atoms with van der Waals surface area (Å²) in [6, 6.07) is 13.0. The lowest BCUT2D eigenvalue weighted by Gasteiger charge is -2.10. The van der Waals surface area contributed by atoms with E-state index >= 15 is 0 Å². The van der Waals surface area contributed by atoms with Gasteiger partial charge in [0.25, 0.3) is 5.91 Å². The molecular formula is C18H18N2O4. The van der Waals surface area contributed by atoms with Gasteiger partial charge in [-0.2, -0.15) is 0 Å². The molecule has 0 fully saturated rings. The highest BCUT2D eigenvalue weighted by molar-refractivity contribution is 5.77. The van der Waals surface area contributed by atoms with Gasteiger partial charge in [-0.15, -0.1) is 0 Å². The van der Waals surface area contributed by atoms with E-state index in [9.17, 15) is 4.79 Å². The van der Waals surface area contributed by atoms with Crippen LogP contribution in [0.3, 0.4) is 0 Å². The Balaban J connectivity index is 1.45. The minimum absolute atomic E-state index is 0.0529. The summed E-state index contributed by atoms with van der Waals surface area (Å²) in [6.07, 6.45) is 2.13. The molecule has 0 aliphatic carbocycles. The first-order valence-electron chi connectivity index (χ1n) is 7.61. The molecule has 1 amide bonds. The Morgan fingerprint density at radius 2 is 2.04 bits per heavy atom. The molecule has 24 heavy (non-hydrogen) atoms. The van der Waals surface area contributed by atoms with Gasteiger partial charge in [-0.25, -0.2) is 4.98 Å². The van der Waals surface area contributed by atoms with E-state index in [1.807, 2.05) is 30.3 Å². The van der Waals surface area contributed by atoms with Gasteiger partial charge in [0.2, 0.25) is 0 Å². The predicted octanol–water partition coefficient (Wildman–Crippen LogP) is 2.57. The predicted molar refractivity (Wildman–Crippen MR) is 89.2 cm³/mol. The Morgan fingerprint density at radius 1 is 1.21 bits per heavy atom. The van der Waals surface area contributed by atoms with Gasteiger partial charge in [-0.3, -0.25) is 4.79 Å². The number of hydrogen-bond donors (Lipinski definition) is 1. The molecule has 3 rings (SSSR count). The summed E-state index contributed by atoms with van der Waals surface area (Å²) in [5, 5.41) is 2.83. The molecule has 0 saturated heterocycles. The largest absolute Gasteiger partial charge is 0.493 e. The van der Waals surface area contributed by atoms with Crippen molar-refractivity contribution in [1.82, 2.24) is 10.3 Å². The second-order valence-electron chi connectivity index (χ2n) is 5.19. The molecule has 1 N–H and O–H groups in total. The maximum atomic E-state index is 11.9. The Kier molecular flexibility index (Phi) is 4.96. The molecule has 0 unspecified atom stereocenters. The zero-order valence-corrected chi connectivity index (χ0v) is 13.3. The first-order chi connectivity index (χ1) is 11.8. The van der Waals surface area contributed by atoms with Crippen molar-refractivity contribution in [3.63, 3.8) is 0 Å². The lowest BCUT2D eigenvalue weighted by atomic mass is 10.1. The van der Waals surface area contributed by atoms with Gasteiger partial charge in [0, 0.05) is 6.54 Å². The quantitative estimate of drug-likeness (QED) is 0.722. The Hall–Kier alpha value is -3.02. The normalized spacial score (nSPS) is 10.5. The highest BCUT2D eigenvalue weighted by atomic mass is 16.5. The van der Waals surface area contributed by atoms with Crippen LogP contribution in [0.5, 0.6) is 11.5 Å². The first kappa shape index (κ1) is 15.9. The fourth-order valence-electron chi connectivity index (χ4n) is 2.34. The van der Waals surface area contributed by atoms with Crippen molar-refractivity contribution < 1.29 is 18.7 Å². The van der Waals surface area contributed by atoms with Crippen molar-refractivity contribution >= 4 is 17.0 Å². The van der Waals surface area contributed by atoms with Crippen molar-refractivity contribution in [2.75, 3.05) is 20.3 Å². The van der Waals surface area contributed by atoms with E-state index in [1.54, 1.807) is 19.2 Å². The van der Waals surface area contributed by atoms with Crippen LogP contribution in [-0.4, -0.2) is 31.2 Å². The van der Waals surface area contributed by atoms with Gasteiger partial charge in [-0.05, 0) is 36.2 Å². The summed E-state index contributed by atoms with van der Waals surface area (Å²) in [6.45, 7) is 0.472. The third kappa shape index (κ3) is 3.84. The molecule has 2 aromatic carbocycles. The lowest BCUT2D eigenvalue weighted by Crippen LogP contribution is -2.30. The zero-order chi connectivity index (χ0) is 16.8. The molecule has 124 valence electrons. The number of nitrogens with one attached hydrogen (secondary N) is 1. The van der Waals surface area contributed by atoms with Gasteiger partial charge in [0.05, 0.1) is 7.11 Å². The summed E-state index contributed by atoms with van der Waals surface area (Å²) in [4.78, 5) is 16.0. The monoisotopic (exact) mass is 326 g/mol. The van der Waals surface area contributed by atoms with Crippen LogP contribution in [0.4, 0.5) is 0 Å². The Labute approximate surface area is 139 Å². The van der Waals surface area contributed by atoms with Crippen LogP contribution in [-0.2, 0) is 11.2 Å². The molecule has 1 aromatic heterocycles. The number of methoxy groups -OCH3 is 1. The van der Waals surface area contributed by atoms with E-state index in [0.29, 0.717) is 24.5 Å². The van der Waals surface area contributed by atoms with E-state index in [0.717, 1.165) is 16.7 Å². The maximum Gasteiger partial charge on any atom is 0.257 e. The number of carbonyl (C=O) groups excluding carboxylic acids is 1. The van der Waals surface area contributed by atoms with Crippen molar-refractivity contribution in [3.8, 4) is 11.5 Å². The molecule has 0 bridgehead atoms. The van der Waals surface area contributed by atoms with Crippen LogP contribution in [0.15, 0.2) is 53.3 Å². The third-order valence-electron chi connectivity index (χ3n) is 3.56. The van der Waals surface area contributed by atoms with E-state index in [4.69, 9.17) is 13.9 Å². The van der Waals surface area contributed by atoms with Crippen LogP contribution in [0, 0.1) is 0 Å². The van der Waals surface area contributed by atoms with E-state index < -0.39 is 0 Å². The van der Waals surface area contributed by atoms with Gasteiger partial charge >= 0.3 is 0 Å². The van der Waals surface area contributed by atoms with Gasteiger partial charge < -0.3 is 19.2 Å². The molecular weight excluding hydrogens is 308 g/mol. The summed E-state index contributed by atoms with van der Waals surface area (Å²) >= 11 is 0. The van der Waals surface area contributed by atoms with E-state index in [1.165, 1.54) is 6.39 Å². The molecule has 0 aliphatic heterocycles. The minimum Gasteiger partial charge on any atom is -0.493 e. The SMILES string of the molecule is COc1ccccc1OCC(=O)NCCc1ccc2ocnc2c1. The number of fused-ring (bicyclic) bond motifs is 1. The average Bonchev–Trinajstić information content (AvgIpc) is 3.08. The summed E-state index contributed by atoms with van der Waals surface area (Å²) in [5.41, 5.74) is 2.66. The Morgan fingerprint density at radius 3 is 2.88 bits per heavy atom. The number of rotatable bonds is 7. The molecule has 6 nitrogen and oxygen atoms in total. The van der Waals surface area contributed by atoms with Crippen LogP contribution in [0.1, 0.15) is 5.56 Å². The first-order valence-corrected chi connectivity index (χ1v) is 7.61. The summed E-state index contributed by atoms with van der Waals surface area (Å²) in [7, 11) is 1.56. The van der Waals surface area contributed by atoms with Gasteiger partial charge in [-0.1, -0.05) is 18.2 Å². The van der Waals surface area contributed by atoms with Crippen LogP contribution < -0.4 is 14.8 Å². The van der Waals surface area contributed by atoms with Crippen molar-refractivity contribution in [3.05, 3.63) is 54.4 Å². The molecule has 3 aromatic rings. The summed E-state index contributed by atoms with van der Waals surface area (Å²) in [5.74, 6) is 0.973. The maximum absolute atomic E-state index is 11.9. The van der Waals surface area contributed by atoms with Crippen LogP contribution >= 0.6 is 0 Å². The van der Waals surface area contributed by atoms with Gasteiger partial charge in [0.15, 0.2) is 30.1 Å². The number of amides is 1. The molecule has 0 saturated carbocycles. The number of benzene rings is 2. The second-order valence-corrected chi connectivity index (χ2v) is 5.19. The van der Waals surface area contributed by atoms with Gasteiger partial charge in [0.1, 0.15) is 5.52 Å². The number of ether oxygens (including phenoxy) is 2. The highest BCUT2D eigenvalue weighted by Gasteiger charge is 2.07. The van der Waals surface area contributed by atoms with Crippen molar-refractivity contribution in [2.45, 2.75) is 6.42 Å². The number of oxazole rings is 1. The van der Waals surface area contributed by atoms with Crippen molar-refractivity contribution in [1.29, 1.82) is 0 Å². The molecule has 0 aliphatic rings. The number of nitrogens with zero attached hydrogens (tertiary/aromatic N) is 1. The van der Waals surface area contributed by atoms with Crippen LogP contribution in [0.25, 0.3) is 11.1 Å². The number of para-hydroxylation sites is 2. The van der Waals surface area contributed by atoms with E-state index in [-0.39, 0.29) is 12.5 Å². The number of aromatic nitrogens is 1. The molecule has 6 heteroatoms. The molecule has 0 spiro atoms. The Bertz CT molecular complexity index is 829. The second kappa shape index (κ2) is 7.50. The van der Waals surface area contributed by atoms with Crippen LogP contribution in [0.2, 0.25) is 0 Å². The van der Waals surface area contributed by atoms with E-state index in [2.05, 4.69) is 10.3 Å². The van der Waals surface area contributed by atoms with Crippen molar-refractivity contribution in [2.24, 2.45) is 0 Å². The minimum atomic E-state index is -0.177. The molecule has 1 heterocycles. The zero-order valence-electron chi connectivity index (χ0n) is 13.3. The topological polar surface area (TPSA) is 73.6 Å². The standard InChI is InChI=1S/C18H18N2O4/c1-22-16-4-2-3-5-17(16)23-11-18(21)19-9-8-13-6-7-15-14(10-13)20-12-24-15/h2-7,10,12H,8-9,11H2,1H3,(H,19,21). The third-order valence-corrected chi connectivity index (χ3v) is 3.56. The fourth-order valence-corrected chi connectivity index (χ4v) is 2.34. The number of hydrogen-bond acceptors (Lipinski definition) is 5. The molecule has 0 atom stereocenters. The number of carbonyl (C=O) groups is 1. The average molecular weight is 326 g/mol. The smallest absolute Gasteiger partial charge is 0.257 e. The highest BCUT2D eigenvalue weighted by Crippen LogP contribution is 2.25. The molecule has 0 radical (unpaired) electrons.